The molecule has 12 aromatic rings. The van der Waals surface area contributed by atoms with Gasteiger partial charge in [-0.2, -0.15) is 0 Å². The Kier molecular flexibility index (Phi) is 6.09. The van der Waals surface area contributed by atoms with E-state index in [1.807, 2.05) is 18.2 Å². The summed E-state index contributed by atoms with van der Waals surface area (Å²) in [5.74, 6) is 0. The molecule has 0 radical (unpaired) electrons. The van der Waals surface area contributed by atoms with E-state index in [0.717, 1.165) is 60.4 Å². The van der Waals surface area contributed by atoms with Gasteiger partial charge in [-0.15, -0.1) is 0 Å². The molecule has 2 heterocycles. The Bertz CT molecular complexity index is 3450. The maximum absolute atomic E-state index is 6.91. The van der Waals surface area contributed by atoms with Gasteiger partial charge >= 0.3 is 0 Å². The molecular formula is C52H30O2. The molecule has 54 heavy (non-hydrogen) atoms. The largest absolute Gasteiger partial charge is 0.456 e. The maximum Gasteiger partial charge on any atom is 0.143 e. The number of fused-ring (bicyclic) bond motifs is 11. The van der Waals surface area contributed by atoms with Crippen molar-refractivity contribution in [3.05, 3.63) is 182 Å². The van der Waals surface area contributed by atoms with Crippen molar-refractivity contribution in [3.8, 4) is 33.4 Å². The molecule has 2 aromatic heterocycles. The normalized spacial score (nSPS) is 12.1. The molecule has 2 heteroatoms. The van der Waals surface area contributed by atoms with Gasteiger partial charge in [-0.05, 0) is 107 Å². The fraction of sp³-hybridized carbons (Fsp3) is 0. The van der Waals surface area contributed by atoms with Gasteiger partial charge in [0.15, 0.2) is 0 Å². The summed E-state index contributed by atoms with van der Waals surface area (Å²) >= 11 is 0. The molecular weight excluding hydrogens is 657 g/mol. The molecule has 0 N–H and O–H groups in total. The van der Waals surface area contributed by atoms with Gasteiger partial charge < -0.3 is 8.83 Å². The van der Waals surface area contributed by atoms with Crippen LogP contribution < -0.4 is 0 Å². The zero-order valence-corrected chi connectivity index (χ0v) is 29.1. The Morgan fingerprint density at radius 3 is 1.48 bits per heavy atom. The van der Waals surface area contributed by atoms with Crippen molar-refractivity contribution in [3.63, 3.8) is 0 Å². The van der Waals surface area contributed by atoms with Crippen molar-refractivity contribution >= 4 is 87.0 Å². The van der Waals surface area contributed by atoms with E-state index in [9.17, 15) is 0 Å². The third-order valence-corrected chi connectivity index (χ3v) is 11.4. The highest BCUT2D eigenvalue weighted by atomic mass is 16.3. The predicted octanol–water partition coefficient (Wildman–Crippen LogP) is 15.1. The zero-order chi connectivity index (χ0) is 35.3. The lowest BCUT2D eigenvalue weighted by atomic mass is 9.85. The second kappa shape index (κ2) is 11.2. The minimum atomic E-state index is 0.859. The van der Waals surface area contributed by atoms with Crippen molar-refractivity contribution in [2.24, 2.45) is 0 Å². The van der Waals surface area contributed by atoms with Crippen LogP contribution in [-0.2, 0) is 0 Å². The summed E-state index contributed by atoms with van der Waals surface area (Å²) in [4.78, 5) is 0. The molecule has 0 unspecified atom stereocenters. The molecule has 0 spiro atoms. The molecule has 12 rings (SSSR count). The van der Waals surface area contributed by atoms with Crippen molar-refractivity contribution in [2.75, 3.05) is 0 Å². The Morgan fingerprint density at radius 1 is 0.259 bits per heavy atom. The predicted molar refractivity (Wildman–Crippen MR) is 227 cm³/mol. The quantitative estimate of drug-likeness (QED) is 0.173. The summed E-state index contributed by atoms with van der Waals surface area (Å²) in [6.45, 7) is 0. The topological polar surface area (TPSA) is 26.3 Å². The first-order valence-electron chi connectivity index (χ1n) is 18.5. The first-order valence-corrected chi connectivity index (χ1v) is 18.5. The Hall–Kier alpha value is -7.16. The average Bonchev–Trinajstić information content (AvgIpc) is 3.79. The molecule has 0 atom stereocenters. The molecule has 0 fully saturated rings. The van der Waals surface area contributed by atoms with E-state index in [2.05, 4.69) is 164 Å². The van der Waals surface area contributed by atoms with Crippen molar-refractivity contribution < 1.29 is 8.83 Å². The lowest BCUT2D eigenvalue weighted by molar-refractivity contribution is 0.663. The van der Waals surface area contributed by atoms with Crippen molar-refractivity contribution in [1.29, 1.82) is 0 Å². The first-order chi connectivity index (χ1) is 26.8. The third-order valence-electron chi connectivity index (χ3n) is 11.4. The summed E-state index contributed by atoms with van der Waals surface area (Å²) in [7, 11) is 0. The SMILES string of the molecule is c1cc(-c2c3ccccc3c(-c3ccc4ccccc4c3)c3ccccc23)cc(-c2c3ccccc3cc3c2oc2ccc4oc5ccccc5c4c23)c1. The van der Waals surface area contributed by atoms with Crippen LogP contribution in [0.4, 0.5) is 0 Å². The smallest absolute Gasteiger partial charge is 0.143 e. The van der Waals surface area contributed by atoms with Crippen LogP contribution in [0.2, 0.25) is 0 Å². The molecule has 10 aromatic carbocycles. The molecule has 0 saturated heterocycles. The van der Waals surface area contributed by atoms with Gasteiger partial charge in [0.25, 0.3) is 0 Å². The Morgan fingerprint density at radius 2 is 0.778 bits per heavy atom. The monoisotopic (exact) mass is 686 g/mol. The second-order valence-corrected chi connectivity index (χ2v) is 14.3. The summed E-state index contributed by atoms with van der Waals surface area (Å²) in [6.07, 6.45) is 0. The second-order valence-electron chi connectivity index (χ2n) is 14.3. The lowest BCUT2D eigenvalue weighted by Crippen LogP contribution is -1.91. The molecule has 0 aliphatic heterocycles. The fourth-order valence-corrected chi connectivity index (χ4v) is 9.09. The standard InChI is InChI=1S/C52H30O2/c1-2-13-32-28-36(25-24-31(32)12-1)48-40-20-7-5-18-38(40)47(39-19-6-8-21-41(39)48)34-15-11-16-35(29-34)49-37-17-4-3-14-33(37)30-43-51-46(54-52(43)49)27-26-45-50(51)42-22-9-10-23-44(42)53-45/h1-30H. The van der Waals surface area contributed by atoms with Gasteiger partial charge in [0.1, 0.15) is 22.3 Å². The minimum absolute atomic E-state index is 0.859. The highest BCUT2D eigenvalue weighted by molar-refractivity contribution is 6.29. The molecule has 0 aliphatic rings. The van der Waals surface area contributed by atoms with Gasteiger partial charge in [-0.3, -0.25) is 0 Å². The number of para-hydroxylation sites is 1. The van der Waals surface area contributed by atoms with Crippen LogP contribution in [0.3, 0.4) is 0 Å². The van der Waals surface area contributed by atoms with E-state index in [4.69, 9.17) is 8.83 Å². The van der Waals surface area contributed by atoms with Crippen LogP contribution in [-0.4, -0.2) is 0 Å². The third kappa shape index (κ3) is 4.17. The first kappa shape index (κ1) is 29.4. The van der Waals surface area contributed by atoms with E-state index < -0.39 is 0 Å². The van der Waals surface area contributed by atoms with E-state index in [1.54, 1.807) is 0 Å². The summed E-state index contributed by atoms with van der Waals surface area (Å²) < 4.78 is 13.2. The molecule has 0 bridgehead atoms. The van der Waals surface area contributed by atoms with Crippen LogP contribution in [0.5, 0.6) is 0 Å². The number of benzene rings is 10. The number of furan rings is 2. The fourth-order valence-electron chi connectivity index (χ4n) is 9.09. The van der Waals surface area contributed by atoms with E-state index in [-0.39, 0.29) is 0 Å². The van der Waals surface area contributed by atoms with Crippen molar-refractivity contribution in [1.82, 2.24) is 0 Å². The number of hydrogen-bond acceptors (Lipinski definition) is 2. The summed E-state index contributed by atoms with van der Waals surface area (Å²) in [6, 6.07) is 65.6. The zero-order valence-electron chi connectivity index (χ0n) is 29.1. The molecule has 0 amide bonds. The average molecular weight is 687 g/mol. The van der Waals surface area contributed by atoms with Crippen LogP contribution in [0.1, 0.15) is 0 Å². The van der Waals surface area contributed by atoms with Gasteiger partial charge in [0, 0.05) is 27.1 Å². The Labute approximate surface area is 310 Å². The summed E-state index contributed by atoms with van der Waals surface area (Å²) in [5.41, 5.74) is 10.6. The van der Waals surface area contributed by atoms with Gasteiger partial charge in [0.05, 0.1) is 0 Å². The molecule has 0 aliphatic carbocycles. The van der Waals surface area contributed by atoms with Gasteiger partial charge in [-0.25, -0.2) is 0 Å². The van der Waals surface area contributed by atoms with E-state index >= 15 is 0 Å². The van der Waals surface area contributed by atoms with Gasteiger partial charge in [0.2, 0.25) is 0 Å². The molecule has 2 nitrogen and oxygen atoms in total. The molecule has 0 saturated carbocycles. The lowest BCUT2D eigenvalue weighted by Gasteiger charge is -2.18. The van der Waals surface area contributed by atoms with Crippen molar-refractivity contribution in [2.45, 2.75) is 0 Å². The van der Waals surface area contributed by atoms with Crippen LogP contribution >= 0.6 is 0 Å². The number of hydrogen-bond donors (Lipinski definition) is 0. The van der Waals surface area contributed by atoms with Crippen LogP contribution in [0.25, 0.3) is 120 Å². The Balaban J connectivity index is 1.14. The van der Waals surface area contributed by atoms with Crippen LogP contribution in [0, 0.1) is 0 Å². The van der Waals surface area contributed by atoms with Crippen LogP contribution in [0.15, 0.2) is 191 Å². The maximum atomic E-state index is 6.91. The summed E-state index contributed by atoms with van der Waals surface area (Å²) in [5, 5.41) is 14.2. The number of rotatable bonds is 3. The van der Waals surface area contributed by atoms with E-state index in [0.29, 0.717) is 0 Å². The minimum Gasteiger partial charge on any atom is -0.456 e. The van der Waals surface area contributed by atoms with E-state index in [1.165, 1.54) is 60.0 Å². The van der Waals surface area contributed by atoms with Gasteiger partial charge in [-0.1, -0.05) is 146 Å². The highest BCUT2D eigenvalue weighted by Gasteiger charge is 2.22. The highest BCUT2D eigenvalue weighted by Crippen LogP contribution is 2.48. The molecule has 250 valence electrons.